The topological polar surface area (TPSA) is 15.3 Å². The molecule has 1 saturated carbocycles. The molecule has 19 heavy (non-hydrogen) atoms. The van der Waals surface area contributed by atoms with Crippen LogP contribution in [0.4, 0.5) is 10.1 Å². The number of nitrogens with one attached hydrogen (secondary N) is 1. The Kier molecular flexibility index (Phi) is 5.20. The largest absolute Gasteiger partial charge is 0.375 e. The number of halogens is 1. The van der Waals surface area contributed by atoms with Crippen molar-refractivity contribution in [2.45, 2.75) is 38.6 Å². The summed E-state index contributed by atoms with van der Waals surface area (Å²) in [5, 5.41) is 3.60. The van der Waals surface area contributed by atoms with Crippen LogP contribution in [0.3, 0.4) is 0 Å². The highest BCUT2D eigenvalue weighted by Gasteiger charge is 2.26. The molecule has 0 radical (unpaired) electrons. The van der Waals surface area contributed by atoms with E-state index in [0.29, 0.717) is 6.04 Å². The normalized spacial score (nSPS) is 22.7. The number of rotatable bonds is 6. The summed E-state index contributed by atoms with van der Waals surface area (Å²) in [5.41, 5.74) is 1.10. The maximum absolute atomic E-state index is 12.9. The lowest BCUT2D eigenvalue weighted by molar-refractivity contribution is 0.388. The third-order valence-electron chi connectivity index (χ3n) is 4.23. The van der Waals surface area contributed by atoms with Gasteiger partial charge in [-0.15, -0.1) is 0 Å². The molecule has 2 unspecified atom stereocenters. The first-order valence-corrected chi connectivity index (χ1v) is 7.40. The highest BCUT2D eigenvalue weighted by atomic mass is 19.1. The van der Waals surface area contributed by atoms with Gasteiger partial charge in [-0.2, -0.15) is 0 Å². The van der Waals surface area contributed by atoms with Crippen LogP contribution in [-0.2, 0) is 0 Å². The highest BCUT2D eigenvalue weighted by molar-refractivity contribution is 5.45. The van der Waals surface area contributed by atoms with E-state index in [4.69, 9.17) is 0 Å². The molecule has 1 aromatic rings. The molecule has 0 aliphatic heterocycles. The molecule has 0 spiro atoms. The van der Waals surface area contributed by atoms with Crippen LogP contribution in [0.1, 0.15) is 32.6 Å². The Labute approximate surface area is 116 Å². The van der Waals surface area contributed by atoms with Crippen molar-refractivity contribution in [1.82, 2.24) is 5.32 Å². The summed E-state index contributed by atoms with van der Waals surface area (Å²) in [4.78, 5) is 2.22. The van der Waals surface area contributed by atoms with Crippen LogP contribution in [0.5, 0.6) is 0 Å². The van der Waals surface area contributed by atoms with Crippen LogP contribution >= 0.6 is 0 Å². The van der Waals surface area contributed by atoms with Crippen molar-refractivity contribution in [3.8, 4) is 0 Å². The Hall–Kier alpha value is -1.09. The molecular weight excluding hydrogens is 239 g/mol. The first-order valence-electron chi connectivity index (χ1n) is 7.40. The van der Waals surface area contributed by atoms with Crippen molar-refractivity contribution in [2.24, 2.45) is 5.92 Å². The summed E-state index contributed by atoms with van der Waals surface area (Å²) in [6, 6.07) is 7.47. The Morgan fingerprint density at radius 1 is 1.26 bits per heavy atom. The zero-order valence-corrected chi connectivity index (χ0v) is 12.0. The zero-order valence-electron chi connectivity index (χ0n) is 12.0. The fraction of sp³-hybridized carbons (Fsp3) is 0.625. The van der Waals surface area contributed by atoms with E-state index in [-0.39, 0.29) is 5.82 Å². The summed E-state index contributed by atoms with van der Waals surface area (Å²) in [6.07, 6.45) is 5.22. The molecule has 1 aliphatic rings. The van der Waals surface area contributed by atoms with E-state index in [1.54, 1.807) is 0 Å². The van der Waals surface area contributed by atoms with E-state index in [9.17, 15) is 4.39 Å². The van der Waals surface area contributed by atoms with Gasteiger partial charge in [-0.3, -0.25) is 0 Å². The van der Waals surface area contributed by atoms with Gasteiger partial charge in [-0.1, -0.05) is 13.3 Å². The molecule has 0 amide bonds. The number of nitrogens with zero attached hydrogens (tertiary/aromatic N) is 1. The van der Waals surface area contributed by atoms with Gasteiger partial charge >= 0.3 is 0 Å². The molecule has 1 aliphatic carbocycles. The monoisotopic (exact) mass is 264 g/mol. The van der Waals surface area contributed by atoms with Gasteiger partial charge in [0.1, 0.15) is 5.82 Å². The molecule has 2 nitrogen and oxygen atoms in total. The van der Waals surface area contributed by atoms with E-state index in [2.05, 4.69) is 24.2 Å². The average molecular weight is 264 g/mol. The summed E-state index contributed by atoms with van der Waals surface area (Å²) < 4.78 is 12.9. The van der Waals surface area contributed by atoms with Crippen LogP contribution in [-0.4, -0.2) is 26.2 Å². The molecule has 1 fully saturated rings. The summed E-state index contributed by atoms with van der Waals surface area (Å²) >= 11 is 0. The second-order valence-electron chi connectivity index (χ2n) is 5.54. The van der Waals surface area contributed by atoms with Crippen LogP contribution < -0.4 is 10.2 Å². The van der Waals surface area contributed by atoms with Crippen LogP contribution in [0.2, 0.25) is 0 Å². The van der Waals surface area contributed by atoms with Crippen molar-refractivity contribution in [1.29, 1.82) is 0 Å². The van der Waals surface area contributed by atoms with Crippen LogP contribution in [0, 0.1) is 11.7 Å². The summed E-state index contributed by atoms with van der Waals surface area (Å²) in [7, 11) is 2.09. The molecule has 1 aromatic carbocycles. The molecule has 1 N–H and O–H groups in total. The number of anilines is 1. The maximum Gasteiger partial charge on any atom is 0.123 e. The minimum absolute atomic E-state index is 0.167. The molecule has 0 heterocycles. The zero-order chi connectivity index (χ0) is 13.7. The SMILES string of the molecule is CCNC1CCCC1CCN(C)c1ccc(F)cc1. The van der Waals surface area contributed by atoms with Gasteiger partial charge in [0.05, 0.1) is 0 Å². The standard InChI is InChI=1S/C16H25FN2/c1-3-18-16-6-4-5-13(16)11-12-19(2)15-9-7-14(17)8-10-15/h7-10,13,16,18H,3-6,11-12H2,1-2H3. The number of hydrogen-bond donors (Lipinski definition) is 1. The van der Waals surface area contributed by atoms with E-state index in [1.807, 2.05) is 12.1 Å². The van der Waals surface area contributed by atoms with Gasteiger partial charge in [0.2, 0.25) is 0 Å². The third-order valence-corrected chi connectivity index (χ3v) is 4.23. The lowest BCUT2D eigenvalue weighted by Crippen LogP contribution is -2.34. The lowest BCUT2D eigenvalue weighted by atomic mass is 9.99. The third kappa shape index (κ3) is 3.93. The van der Waals surface area contributed by atoms with E-state index in [1.165, 1.54) is 37.8 Å². The number of benzene rings is 1. The van der Waals surface area contributed by atoms with E-state index < -0.39 is 0 Å². The molecule has 0 bridgehead atoms. The first kappa shape index (κ1) is 14.3. The van der Waals surface area contributed by atoms with Gasteiger partial charge in [0.25, 0.3) is 0 Å². The van der Waals surface area contributed by atoms with Gasteiger partial charge in [-0.05, 0) is 56.0 Å². The Bertz CT molecular complexity index is 377. The average Bonchev–Trinajstić information content (AvgIpc) is 2.85. The fourth-order valence-corrected chi connectivity index (χ4v) is 3.10. The molecule has 106 valence electrons. The quantitative estimate of drug-likeness (QED) is 0.847. The Morgan fingerprint density at radius 2 is 2.00 bits per heavy atom. The Balaban J connectivity index is 1.82. The molecule has 3 heteroatoms. The van der Waals surface area contributed by atoms with Crippen molar-refractivity contribution in [2.75, 3.05) is 25.0 Å². The van der Waals surface area contributed by atoms with Crippen molar-refractivity contribution in [3.63, 3.8) is 0 Å². The van der Waals surface area contributed by atoms with E-state index in [0.717, 1.165) is 24.7 Å². The number of hydrogen-bond acceptors (Lipinski definition) is 2. The van der Waals surface area contributed by atoms with Gasteiger partial charge in [0.15, 0.2) is 0 Å². The lowest BCUT2D eigenvalue weighted by Gasteiger charge is -2.25. The van der Waals surface area contributed by atoms with Gasteiger partial charge < -0.3 is 10.2 Å². The molecular formula is C16H25FN2. The molecule has 2 rings (SSSR count). The van der Waals surface area contributed by atoms with Crippen LogP contribution in [0.15, 0.2) is 24.3 Å². The van der Waals surface area contributed by atoms with Crippen molar-refractivity contribution >= 4 is 5.69 Å². The highest BCUT2D eigenvalue weighted by Crippen LogP contribution is 2.29. The second kappa shape index (κ2) is 6.90. The predicted molar refractivity (Wildman–Crippen MR) is 79.1 cm³/mol. The second-order valence-corrected chi connectivity index (χ2v) is 5.54. The maximum atomic E-state index is 12.9. The van der Waals surface area contributed by atoms with Crippen molar-refractivity contribution < 1.29 is 4.39 Å². The molecule has 2 atom stereocenters. The minimum Gasteiger partial charge on any atom is -0.375 e. The minimum atomic E-state index is -0.167. The smallest absolute Gasteiger partial charge is 0.123 e. The van der Waals surface area contributed by atoms with Crippen LogP contribution in [0.25, 0.3) is 0 Å². The molecule has 0 aromatic heterocycles. The summed E-state index contributed by atoms with van der Waals surface area (Å²) in [5.74, 6) is 0.628. The van der Waals surface area contributed by atoms with Gasteiger partial charge in [0, 0.05) is 25.3 Å². The summed E-state index contributed by atoms with van der Waals surface area (Å²) in [6.45, 7) is 4.28. The van der Waals surface area contributed by atoms with Crippen molar-refractivity contribution in [3.05, 3.63) is 30.1 Å². The molecule has 0 saturated heterocycles. The Morgan fingerprint density at radius 3 is 2.68 bits per heavy atom. The predicted octanol–water partition coefficient (Wildman–Crippen LogP) is 3.43. The fourth-order valence-electron chi connectivity index (χ4n) is 3.10. The van der Waals surface area contributed by atoms with Gasteiger partial charge in [-0.25, -0.2) is 4.39 Å². The first-order chi connectivity index (χ1) is 9.20. The van der Waals surface area contributed by atoms with E-state index >= 15 is 0 Å².